The normalized spacial score (nSPS) is 15.8. The number of thiazole rings is 1. The molecule has 1 saturated heterocycles. The summed E-state index contributed by atoms with van der Waals surface area (Å²) >= 11 is 1.65. The maximum atomic E-state index is 12.3. The highest BCUT2D eigenvalue weighted by atomic mass is 32.1. The van der Waals surface area contributed by atoms with Crippen LogP contribution in [0.3, 0.4) is 0 Å². The van der Waals surface area contributed by atoms with E-state index in [1.54, 1.807) is 29.3 Å². The summed E-state index contributed by atoms with van der Waals surface area (Å²) in [6.07, 6.45) is 5.32. The second-order valence-corrected chi connectivity index (χ2v) is 6.15. The van der Waals surface area contributed by atoms with Crippen LogP contribution in [0.25, 0.3) is 0 Å². The van der Waals surface area contributed by atoms with E-state index in [-0.39, 0.29) is 11.9 Å². The summed E-state index contributed by atoms with van der Waals surface area (Å²) in [5, 5.41) is 10.2. The number of aromatic nitrogens is 3. The number of hydrogen-bond acceptors (Lipinski definition) is 6. The van der Waals surface area contributed by atoms with E-state index in [1.807, 2.05) is 11.6 Å². The minimum atomic E-state index is -0.127. The van der Waals surface area contributed by atoms with Gasteiger partial charge in [-0.05, 0) is 12.8 Å². The van der Waals surface area contributed by atoms with E-state index < -0.39 is 0 Å². The van der Waals surface area contributed by atoms with Crippen molar-refractivity contribution in [2.75, 3.05) is 25.1 Å². The first-order valence-electron chi connectivity index (χ1n) is 7.20. The van der Waals surface area contributed by atoms with Crippen molar-refractivity contribution in [3.8, 4) is 5.88 Å². The van der Waals surface area contributed by atoms with Gasteiger partial charge in [0.05, 0.1) is 7.11 Å². The van der Waals surface area contributed by atoms with Gasteiger partial charge in [0.25, 0.3) is 5.91 Å². The standard InChI is InChI=1S/C14H19N5O2S/c1-18-9-11(13(17-18)21-2)12(20)16-10-3-6-19(7-4-10)14-15-5-8-22-14/h5,8-10H,3-4,6-7H2,1-2H3,(H,16,20). The quantitative estimate of drug-likeness (QED) is 0.918. The Labute approximate surface area is 132 Å². The lowest BCUT2D eigenvalue weighted by Crippen LogP contribution is -2.44. The van der Waals surface area contributed by atoms with Crippen molar-refractivity contribution in [1.29, 1.82) is 0 Å². The van der Waals surface area contributed by atoms with E-state index >= 15 is 0 Å². The molecule has 1 aliphatic heterocycles. The minimum Gasteiger partial charge on any atom is -0.479 e. The molecule has 2 aromatic rings. The van der Waals surface area contributed by atoms with Crippen molar-refractivity contribution in [2.45, 2.75) is 18.9 Å². The monoisotopic (exact) mass is 321 g/mol. The summed E-state index contributed by atoms with van der Waals surface area (Å²) in [5.74, 6) is 0.234. The van der Waals surface area contributed by atoms with E-state index in [1.165, 1.54) is 7.11 Å². The number of nitrogens with one attached hydrogen (secondary N) is 1. The Kier molecular flexibility index (Phi) is 4.28. The molecule has 0 atom stereocenters. The number of carbonyl (C=O) groups is 1. The number of nitrogens with zero attached hydrogens (tertiary/aromatic N) is 4. The van der Waals surface area contributed by atoms with Crippen molar-refractivity contribution >= 4 is 22.4 Å². The summed E-state index contributed by atoms with van der Waals surface area (Å²) in [7, 11) is 3.29. The van der Waals surface area contributed by atoms with Crippen molar-refractivity contribution in [3.63, 3.8) is 0 Å². The first-order chi connectivity index (χ1) is 10.7. The van der Waals surface area contributed by atoms with Gasteiger partial charge in [0.1, 0.15) is 5.56 Å². The number of ether oxygens (including phenoxy) is 1. The van der Waals surface area contributed by atoms with Gasteiger partial charge < -0.3 is 15.0 Å². The molecule has 1 fully saturated rings. The van der Waals surface area contributed by atoms with Gasteiger partial charge in [-0.25, -0.2) is 4.98 Å². The molecule has 22 heavy (non-hydrogen) atoms. The fraction of sp³-hybridized carbons (Fsp3) is 0.500. The van der Waals surface area contributed by atoms with Crippen LogP contribution in [0.1, 0.15) is 23.2 Å². The lowest BCUT2D eigenvalue weighted by Gasteiger charge is -2.32. The van der Waals surface area contributed by atoms with E-state index in [0.717, 1.165) is 31.1 Å². The average molecular weight is 321 g/mol. The second-order valence-electron chi connectivity index (χ2n) is 5.28. The molecule has 7 nitrogen and oxygen atoms in total. The number of hydrogen-bond donors (Lipinski definition) is 1. The maximum Gasteiger partial charge on any atom is 0.258 e. The summed E-state index contributed by atoms with van der Waals surface area (Å²) in [4.78, 5) is 18.9. The van der Waals surface area contributed by atoms with Crippen LogP contribution in [0.5, 0.6) is 5.88 Å². The maximum absolute atomic E-state index is 12.3. The fourth-order valence-electron chi connectivity index (χ4n) is 2.62. The Morgan fingerprint density at radius 3 is 2.86 bits per heavy atom. The zero-order chi connectivity index (χ0) is 15.5. The number of amides is 1. The number of methoxy groups -OCH3 is 1. The van der Waals surface area contributed by atoms with Crippen LogP contribution in [-0.2, 0) is 7.05 Å². The van der Waals surface area contributed by atoms with Crippen LogP contribution < -0.4 is 15.0 Å². The van der Waals surface area contributed by atoms with Gasteiger partial charge in [0, 0.05) is 44.0 Å². The number of piperidine rings is 1. The molecule has 118 valence electrons. The largest absolute Gasteiger partial charge is 0.479 e. The SMILES string of the molecule is COc1nn(C)cc1C(=O)NC1CCN(c2nccs2)CC1. The second kappa shape index (κ2) is 6.35. The highest BCUT2D eigenvalue weighted by Gasteiger charge is 2.24. The molecule has 1 aliphatic rings. The summed E-state index contributed by atoms with van der Waals surface area (Å²) in [6.45, 7) is 1.81. The van der Waals surface area contributed by atoms with Crippen molar-refractivity contribution < 1.29 is 9.53 Å². The van der Waals surface area contributed by atoms with Crippen LogP contribution in [0.15, 0.2) is 17.8 Å². The summed E-state index contributed by atoms with van der Waals surface area (Å²) in [5.41, 5.74) is 0.479. The third kappa shape index (κ3) is 3.06. The van der Waals surface area contributed by atoms with Gasteiger partial charge in [-0.1, -0.05) is 0 Å². The van der Waals surface area contributed by atoms with Crippen molar-refractivity contribution in [3.05, 3.63) is 23.3 Å². The molecule has 0 aliphatic carbocycles. The van der Waals surface area contributed by atoms with Crippen LogP contribution >= 0.6 is 11.3 Å². The predicted octanol–water partition coefficient (Wildman–Crippen LogP) is 1.28. The lowest BCUT2D eigenvalue weighted by atomic mass is 10.1. The molecular weight excluding hydrogens is 302 g/mol. The number of aryl methyl sites for hydroxylation is 1. The molecule has 1 N–H and O–H groups in total. The summed E-state index contributed by atoms with van der Waals surface area (Å²) < 4.78 is 6.72. The molecule has 0 saturated carbocycles. The molecule has 0 radical (unpaired) electrons. The average Bonchev–Trinajstić information content (AvgIpc) is 3.17. The van der Waals surface area contributed by atoms with Crippen molar-refractivity contribution in [2.24, 2.45) is 7.05 Å². The van der Waals surface area contributed by atoms with Gasteiger partial charge in [-0.15, -0.1) is 16.4 Å². The smallest absolute Gasteiger partial charge is 0.258 e. The third-order valence-corrected chi connectivity index (χ3v) is 4.59. The number of carbonyl (C=O) groups excluding carboxylic acids is 1. The third-order valence-electron chi connectivity index (χ3n) is 3.75. The van der Waals surface area contributed by atoms with Crippen LogP contribution in [-0.4, -0.2) is 46.9 Å². The Morgan fingerprint density at radius 2 is 2.23 bits per heavy atom. The van der Waals surface area contributed by atoms with Crippen LogP contribution in [0.4, 0.5) is 5.13 Å². The zero-order valence-corrected chi connectivity index (χ0v) is 13.5. The highest BCUT2D eigenvalue weighted by molar-refractivity contribution is 7.13. The molecule has 0 unspecified atom stereocenters. The Bertz CT molecular complexity index is 632. The van der Waals surface area contributed by atoms with E-state index in [9.17, 15) is 4.79 Å². The summed E-state index contributed by atoms with van der Waals surface area (Å²) in [6, 6.07) is 0.175. The predicted molar refractivity (Wildman–Crippen MR) is 84.6 cm³/mol. The zero-order valence-electron chi connectivity index (χ0n) is 12.7. The topological polar surface area (TPSA) is 72.3 Å². The van der Waals surface area contributed by atoms with Gasteiger partial charge in [0.2, 0.25) is 5.88 Å². The Hall–Kier alpha value is -2.09. The number of anilines is 1. The molecule has 8 heteroatoms. The van der Waals surface area contributed by atoms with E-state index in [4.69, 9.17) is 4.74 Å². The lowest BCUT2D eigenvalue weighted by molar-refractivity contribution is 0.0928. The van der Waals surface area contributed by atoms with Crippen LogP contribution in [0.2, 0.25) is 0 Å². The Balaban J connectivity index is 1.57. The first kappa shape index (κ1) is 14.8. The molecule has 0 aromatic carbocycles. The van der Waals surface area contributed by atoms with Gasteiger partial charge >= 0.3 is 0 Å². The van der Waals surface area contributed by atoms with E-state index in [2.05, 4.69) is 20.3 Å². The van der Waals surface area contributed by atoms with Crippen molar-refractivity contribution in [1.82, 2.24) is 20.1 Å². The molecule has 0 bridgehead atoms. The molecule has 1 amide bonds. The first-order valence-corrected chi connectivity index (χ1v) is 8.08. The molecule has 3 heterocycles. The fourth-order valence-corrected chi connectivity index (χ4v) is 3.32. The minimum absolute atomic E-state index is 0.127. The molecule has 3 rings (SSSR count). The highest BCUT2D eigenvalue weighted by Crippen LogP contribution is 2.22. The van der Waals surface area contributed by atoms with Crippen LogP contribution in [0, 0.1) is 0 Å². The van der Waals surface area contributed by atoms with Gasteiger partial charge in [-0.2, -0.15) is 0 Å². The molecule has 0 spiro atoms. The van der Waals surface area contributed by atoms with Gasteiger partial charge in [-0.3, -0.25) is 9.48 Å². The molecular formula is C14H19N5O2S. The Morgan fingerprint density at radius 1 is 1.45 bits per heavy atom. The van der Waals surface area contributed by atoms with E-state index in [0.29, 0.717) is 11.4 Å². The number of rotatable bonds is 4. The van der Waals surface area contributed by atoms with Gasteiger partial charge in [0.15, 0.2) is 5.13 Å². The molecule has 2 aromatic heterocycles.